The number of H-pyrrole nitrogens is 1. The maximum Gasteiger partial charge on any atom is 0.293 e. The van der Waals surface area contributed by atoms with Gasteiger partial charge in [0.1, 0.15) is 11.4 Å². The lowest BCUT2D eigenvalue weighted by molar-refractivity contribution is -0.384. The molecule has 0 radical (unpaired) electrons. The van der Waals surface area contributed by atoms with Gasteiger partial charge in [-0.05, 0) is 24.1 Å². The summed E-state index contributed by atoms with van der Waals surface area (Å²) in [6.07, 6.45) is 2.17. The highest BCUT2D eigenvalue weighted by Crippen LogP contribution is 2.39. The van der Waals surface area contributed by atoms with Crippen LogP contribution < -0.4 is 15.2 Å². The van der Waals surface area contributed by atoms with Gasteiger partial charge in [0.2, 0.25) is 0 Å². The van der Waals surface area contributed by atoms with E-state index in [0.717, 1.165) is 17.7 Å². The average molecular weight is 366 g/mol. The van der Waals surface area contributed by atoms with Crippen molar-refractivity contribution in [2.75, 3.05) is 25.1 Å². The van der Waals surface area contributed by atoms with E-state index in [1.165, 1.54) is 12.4 Å². The number of hydrogen-bond acceptors (Lipinski definition) is 6. The summed E-state index contributed by atoms with van der Waals surface area (Å²) in [5.74, 6) is 1.04. The molecule has 27 heavy (non-hydrogen) atoms. The van der Waals surface area contributed by atoms with Crippen LogP contribution in [0.15, 0.2) is 47.5 Å². The number of para-hydroxylation sites is 1. The largest absolute Gasteiger partial charge is 0.496 e. The van der Waals surface area contributed by atoms with Gasteiger partial charge in [-0.15, -0.1) is 0 Å². The molecule has 0 spiro atoms. The first-order valence-corrected chi connectivity index (χ1v) is 8.62. The zero-order chi connectivity index (χ0) is 19.0. The van der Waals surface area contributed by atoms with E-state index in [0.29, 0.717) is 24.3 Å². The van der Waals surface area contributed by atoms with Crippen molar-refractivity contribution in [1.29, 1.82) is 0 Å². The highest BCUT2D eigenvalue weighted by atomic mass is 16.6. The van der Waals surface area contributed by atoms with E-state index in [1.807, 2.05) is 29.2 Å². The van der Waals surface area contributed by atoms with Crippen LogP contribution in [0.1, 0.15) is 17.9 Å². The molecule has 2 heterocycles. The molecule has 0 bridgehead atoms. The van der Waals surface area contributed by atoms with Crippen molar-refractivity contribution in [2.24, 2.45) is 0 Å². The van der Waals surface area contributed by atoms with Crippen molar-refractivity contribution in [1.82, 2.24) is 9.97 Å². The molecular weight excluding hydrogens is 348 g/mol. The van der Waals surface area contributed by atoms with Crippen LogP contribution in [-0.4, -0.2) is 35.1 Å². The minimum absolute atomic E-state index is 0.0818. The second-order valence-electron chi connectivity index (χ2n) is 6.52. The molecule has 1 unspecified atom stereocenters. The first kappa shape index (κ1) is 17.0. The van der Waals surface area contributed by atoms with Gasteiger partial charge in [0.05, 0.1) is 29.3 Å². The standard InChI is InChI=1S/C19H18N4O4/c1-27-18-5-3-2-4-13(18)12-6-7-22(10-12)16-9-15-14(8-17(16)23(25)26)19(24)21-11-20-15/h2-5,8-9,11-12H,6-7,10H2,1H3,(H,20,21,24). The van der Waals surface area contributed by atoms with Crippen molar-refractivity contribution in [2.45, 2.75) is 12.3 Å². The van der Waals surface area contributed by atoms with E-state index in [9.17, 15) is 14.9 Å². The van der Waals surface area contributed by atoms with Crippen molar-refractivity contribution in [3.63, 3.8) is 0 Å². The van der Waals surface area contributed by atoms with Gasteiger partial charge in [0.15, 0.2) is 0 Å². The number of fused-ring (bicyclic) bond motifs is 1. The molecule has 1 saturated heterocycles. The Morgan fingerprint density at radius 3 is 2.93 bits per heavy atom. The molecule has 4 rings (SSSR count). The fourth-order valence-electron chi connectivity index (χ4n) is 3.73. The molecule has 1 fully saturated rings. The summed E-state index contributed by atoms with van der Waals surface area (Å²) < 4.78 is 5.46. The number of aromatic nitrogens is 2. The lowest BCUT2D eigenvalue weighted by Crippen LogP contribution is -2.21. The molecular formula is C19H18N4O4. The third kappa shape index (κ3) is 2.99. The molecule has 8 nitrogen and oxygen atoms in total. The summed E-state index contributed by atoms with van der Waals surface area (Å²) in [5, 5.41) is 11.8. The number of aromatic amines is 1. The number of nitrogens with one attached hydrogen (secondary N) is 1. The molecule has 2 aromatic carbocycles. The van der Waals surface area contributed by atoms with E-state index >= 15 is 0 Å². The number of nitro groups is 1. The van der Waals surface area contributed by atoms with E-state index in [2.05, 4.69) is 9.97 Å². The lowest BCUT2D eigenvalue weighted by atomic mass is 9.97. The van der Waals surface area contributed by atoms with Gasteiger partial charge in [-0.3, -0.25) is 14.9 Å². The van der Waals surface area contributed by atoms with Crippen LogP contribution in [0.5, 0.6) is 5.75 Å². The van der Waals surface area contributed by atoms with Crippen LogP contribution in [0.3, 0.4) is 0 Å². The molecule has 1 aromatic heterocycles. The normalized spacial score (nSPS) is 16.6. The zero-order valence-electron chi connectivity index (χ0n) is 14.7. The summed E-state index contributed by atoms with van der Waals surface area (Å²) in [6.45, 7) is 1.31. The average Bonchev–Trinajstić information content (AvgIpc) is 3.17. The number of nitro benzene ring substituents is 1. The quantitative estimate of drug-likeness (QED) is 0.563. The van der Waals surface area contributed by atoms with Crippen molar-refractivity contribution < 1.29 is 9.66 Å². The van der Waals surface area contributed by atoms with Gasteiger partial charge >= 0.3 is 0 Å². The molecule has 138 valence electrons. The highest BCUT2D eigenvalue weighted by molar-refractivity contribution is 5.87. The van der Waals surface area contributed by atoms with Gasteiger partial charge in [-0.25, -0.2) is 4.98 Å². The molecule has 1 aliphatic heterocycles. The second kappa shape index (κ2) is 6.71. The predicted octanol–water partition coefficient (Wildman–Crippen LogP) is 2.83. The van der Waals surface area contributed by atoms with Crippen LogP contribution in [0.25, 0.3) is 10.9 Å². The molecule has 3 aromatic rings. The summed E-state index contributed by atoms with van der Waals surface area (Å²) in [6, 6.07) is 10.8. The first-order valence-electron chi connectivity index (χ1n) is 8.62. The van der Waals surface area contributed by atoms with Gasteiger partial charge in [0.25, 0.3) is 11.2 Å². The van der Waals surface area contributed by atoms with Gasteiger partial charge < -0.3 is 14.6 Å². The van der Waals surface area contributed by atoms with Crippen LogP contribution in [0.4, 0.5) is 11.4 Å². The first-order chi connectivity index (χ1) is 13.1. The Balaban J connectivity index is 1.73. The maximum atomic E-state index is 11.9. The monoisotopic (exact) mass is 366 g/mol. The number of anilines is 1. The zero-order valence-corrected chi connectivity index (χ0v) is 14.7. The number of benzene rings is 2. The SMILES string of the molecule is COc1ccccc1C1CCN(c2cc3nc[nH]c(=O)c3cc2[N+](=O)[O-])C1. The number of nitrogens with zero attached hydrogens (tertiary/aromatic N) is 3. The fraction of sp³-hybridized carbons (Fsp3) is 0.263. The smallest absolute Gasteiger partial charge is 0.293 e. The number of ether oxygens (including phenoxy) is 1. The van der Waals surface area contributed by atoms with Crippen molar-refractivity contribution >= 4 is 22.3 Å². The Labute approximate surface area is 154 Å². The van der Waals surface area contributed by atoms with E-state index < -0.39 is 4.92 Å². The third-order valence-corrected chi connectivity index (χ3v) is 5.04. The molecule has 1 N–H and O–H groups in total. The van der Waals surface area contributed by atoms with E-state index in [4.69, 9.17) is 4.74 Å². The van der Waals surface area contributed by atoms with Crippen LogP contribution in [0.2, 0.25) is 0 Å². The topological polar surface area (TPSA) is 101 Å². The molecule has 1 atom stereocenters. The summed E-state index contributed by atoms with van der Waals surface area (Å²) in [4.78, 5) is 31.7. The maximum absolute atomic E-state index is 11.9. The van der Waals surface area contributed by atoms with Crippen LogP contribution >= 0.6 is 0 Å². The van der Waals surface area contributed by atoms with E-state index in [1.54, 1.807) is 13.2 Å². The van der Waals surface area contributed by atoms with E-state index in [-0.39, 0.29) is 22.6 Å². The minimum Gasteiger partial charge on any atom is -0.496 e. The third-order valence-electron chi connectivity index (χ3n) is 5.04. The van der Waals surface area contributed by atoms with Gasteiger partial charge in [-0.1, -0.05) is 18.2 Å². The Morgan fingerprint density at radius 2 is 2.15 bits per heavy atom. The number of methoxy groups -OCH3 is 1. The molecule has 0 amide bonds. The number of rotatable bonds is 4. The fourth-order valence-corrected chi connectivity index (χ4v) is 3.73. The Hall–Kier alpha value is -3.42. The summed E-state index contributed by atoms with van der Waals surface area (Å²) in [7, 11) is 1.64. The summed E-state index contributed by atoms with van der Waals surface area (Å²) in [5.41, 5.74) is 1.56. The molecule has 8 heteroatoms. The van der Waals surface area contributed by atoms with Crippen LogP contribution in [-0.2, 0) is 0 Å². The van der Waals surface area contributed by atoms with Crippen molar-refractivity contribution in [3.8, 4) is 5.75 Å². The molecule has 0 aliphatic carbocycles. The van der Waals surface area contributed by atoms with Crippen molar-refractivity contribution in [3.05, 3.63) is 68.8 Å². The van der Waals surface area contributed by atoms with Gasteiger partial charge in [-0.2, -0.15) is 0 Å². The van der Waals surface area contributed by atoms with Crippen LogP contribution in [0, 0.1) is 10.1 Å². The molecule has 0 saturated carbocycles. The number of hydrogen-bond donors (Lipinski definition) is 1. The van der Waals surface area contributed by atoms with Gasteiger partial charge in [0, 0.05) is 25.1 Å². The molecule has 1 aliphatic rings. The predicted molar refractivity (Wildman–Crippen MR) is 102 cm³/mol. The lowest BCUT2D eigenvalue weighted by Gasteiger charge is -2.20. The Morgan fingerprint density at radius 1 is 1.33 bits per heavy atom. The highest BCUT2D eigenvalue weighted by Gasteiger charge is 2.30. The minimum atomic E-state index is -0.447. The second-order valence-corrected chi connectivity index (χ2v) is 6.52. The summed E-state index contributed by atoms with van der Waals surface area (Å²) >= 11 is 0. The Kier molecular flexibility index (Phi) is 4.23. The Bertz CT molecular complexity index is 1080.